The van der Waals surface area contributed by atoms with Crippen LogP contribution in [-0.2, 0) is 9.63 Å². The average Bonchev–Trinajstić information content (AvgIpc) is 2.52. The van der Waals surface area contributed by atoms with Gasteiger partial charge in [0, 0.05) is 0 Å². The Morgan fingerprint density at radius 3 is 2.77 bits per heavy atom. The van der Waals surface area contributed by atoms with Gasteiger partial charge in [0.05, 0.1) is 18.7 Å². The first-order chi connectivity index (χ1) is 6.29. The Balaban J connectivity index is 2.34. The van der Waals surface area contributed by atoms with Gasteiger partial charge in [-0.1, -0.05) is 18.2 Å². The zero-order valence-corrected chi connectivity index (χ0v) is 7.49. The van der Waals surface area contributed by atoms with Crippen molar-refractivity contribution in [2.75, 3.05) is 11.7 Å². The van der Waals surface area contributed by atoms with Gasteiger partial charge in [0.1, 0.15) is 0 Å². The summed E-state index contributed by atoms with van der Waals surface area (Å²) in [6.45, 7) is 2.46. The van der Waals surface area contributed by atoms with E-state index in [1.807, 2.05) is 31.2 Å². The molecule has 0 unspecified atom stereocenters. The molecule has 3 nitrogen and oxygen atoms in total. The molecule has 68 valence electrons. The molecule has 0 spiro atoms. The zero-order chi connectivity index (χ0) is 9.26. The number of aryl methyl sites for hydroxylation is 1. The lowest BCUT2D eigenvalue weighted by atomic mass is 10.2. The third-order valence-corrected chi connectivity index (χ3v) is 2.10. The molecule has 0 N–H and O–H groups in total. The van der Waals surface area contributed by atoms with Crippen molar-refractivity contribution in [3.8, 4) is 0 Å². The number of nitrogens with zero attached hydrogens (tertiary/aromatic N) is 1. The fourth-order valence-corrected chi connectivity index (χ4v) is 1.39. The van der Waals surface area contributed by atoms with Crippen LogP contribution in [-0.4, -0.2) is 12.5 Å². The topological polar surface area (TPSA) is 29.5 Å². The van der Waals surface area contributed by atoms with Gasteiger partial charge in [-0.15, -0.1) is 0 Å². The minimum Gasteiger partial charge on any atom is -0.272 e. The molecule has 0 aliphatic carbocycles. The van der Waals surface area contributed by atoms with Crippen molar-refractivity contribution < 1.29 is 9.63 Å². The molecule has 1 fully saturated rings. The van der Waals surface area contributed by atoms with E-state index >= 15 is 0 Å². The van der Waals surface area contributed by atoms with E-state index in [9.17, 15) is 4.79 Å². The number of hydrogen-bond acceptors (Lipinski definition) is 2. The fraction of sp³-hybridized carbons (Fsp3) is 0.300. The monoisotopic (exact) mass is 177 g/mol. The number of rotatable bonds is 1. The number of amides is 1. The minimum absolute atomic E-state index is 0.0364. The second kappa shape index (κ2) is 3.18. The zero-order valence-electron chi connectivity index (χ0n) is 7.49. The average molecular weight is 177 g/mol. The van der Waals surface area contributed by atoms with Gasteiger partial charge in [-0.25, -0.2) is 0 Å². The Kier molecular flexibility index (Phi) is 2.02. The van der Waals surface area contributed by atoms with Gasteiger partial charge in [-0.3, -0.25) is 9.63 Å². The van der Waals surface area contributed by atoms with Crippen LogP contribution in [0, 0.1) is 6.92 Å². The smallest absolute Gasteiger partial charge is 0.253 e. The third-order valence-electron chi connectivity index (χ3n) is 2.10. The van der Waals surface area contributed by atoms with Gasteiger partial charge >= 0.3 is 0 Å². The second-order valence-electron chi connectivity index (χ2n) is 3.06. The number of benzene rings is 1. The van der Waals surface area contributed by atoms with Crippen LogP contribution < -0.4 is 5.06 Å². The van der Waals surface area contributed by atoms with Crippen LogP contribution in [0.3, 0.4) is 0 Å². The van der Waals surface area contributed by atoms with Gasteiger partial charge in [0.2, 0.25) is 0 Å². The van der Waals surface area contributed by atoms with E-state index in [2.05, 4.69) is 0 Å². The molecule has 3 heteroatoms. The van der Waals surface area contributed by atoms with Crippen LogP contribution in [0.15, 0.2) is 24.3 Å². The number of carbonyl (C=O) groups is 1. The molecule has 0 atom stereocenters. The molecule has 2 rings (SSSR count). The summed E-state index contributed by atoms with van der Waals surface area (Å²) in [4.78, 5) is 16.5. The largest absolute Gasteiger partial charge is 0.272 e. The Morgan fingerprint density at radius 2 is 2.15 bits per heavy atom. The molecule has 1 saturated heterocycles. The molecule has 1 aromatic carbocycles. The summed E-state index contributed by atoms with van der Waals surface area (Å²) < 4.78 is 0. The van der Waals surface area contributed by atoms with Crippen molar-refractivity contribution in [2.45, 2.75) is 13.3 Å². The normalized spacial score (nSPS) is 16.7. The van der Waals surface area contributed by atoms with E-state index in [-0.39, 0.29) is 5.91 Å². The SMILES string of the molecule is Cc1ccccc1N1OCCC1=O. The number of carbonyl (C=O) groups excluding carboxylic acids is 1. The summed E-state index contributed by atoms with van der Waals surface area (Å²) in [7, 11) is 0. The fourth-order valence-electron chi connectivity index (χ4n) is 1.39. The van der Waals surface area contributed by atoms with Crippen LogP contribution in [0.1, 0.15) is 12.0 Å². The summed E-state index contributed by atoms with van der Waals surface area (Å²) in [5.41, 5.74) is 1.91. The van der Waals surface area contributed by atoms with E-state index in [0.717, 1.165) is 11.3 Å². The van der Waals surface area contributed by atoms with Crippen molar-refractivity contribution in [1.82, 2.24) is 0 Å². The van der Waals surface area contributed by atoms with Crippen molar-refractivity contribution >= 4 is 11.6 Å². The van der Waals surface area contributed by atoms with E-state index in [1.165, 1.54) is 5.06 Å². The molecule has 1 aliphatic heterocycles. The van der Waals surface area contributed by atoms with Gasteiger partial charge in [-0.05, 0) is 18.6 Å². The molecule has 1 amide bonds. The van der Waals surface area contributed by atoms with Crippen molar-refractivity contribution in [3.63, 3.8) is 0 Å². The van der Waals surface area contributed by atoms with E-state index in [4.69, 9.17) is 4.84 Å². The van der Waals surface area contributed by atoms with Crippen LogP contribution in [0.2, 0.25) is 0 Å². The Bertz CT molecular complexity index is 335. The van der Waals surface area contributed by atoms with Crippen molar-refractivity contribution in [2.24, 2.45) is 0 Å². The Morgan fingerprint density at radius 1 is 1.38 bits per heavy atom. The van der Waals surface area contributed by atoms with Gasteiger partial charge in [0.25, 0.3) is 5.91 Å². The van der Waals surface area contributed by atoms with Crippen LogP contribution in [0.4, 0.5) is 5.69 Å². The number of hydroxylamine groups is 1. The quantitative estimate of drug-likeness (QED) is 0.653. The van der Waals surface area contributed by atoms with E-state index in [1.54, 1.807) is 0 Å². The Labute approximate surface area is 76.9 Å². The summed E-state index contributed by atoms with van der Waals surface area (Å²) >= 11 is 0. The highest BCUT2D eigenvalue weighted by Crippen LogP contribution is 2.23. The van der Waals surface area contributed by atoms with Gasteiger partial charge in [-0.2, -0.15) is 5.06 Å². The molecule has 0 saturated carbocycles. The maximum absolute atomic E-state index is 11.3. The maximum Gasteiger partial charge on any atom is 0.253 e. The Hall–Kier alpha value is -1.35. The van der Waals surface area contributed by atoms with Crippen molar-refractivity contribution in [3.05, 3.63) is 29.8 Å². The third kappa shape index (κ3) is 1.42. The molecule has 0 bridgehead atoms. The number of hydrogen-bond donors (Lipinski definition) is 0. The molecule has 1 aromatic rings. The first kappa shape index (κ1) is 8.26. The molecule has 13 heavy (non-hydrogen) atoms. The van der Waals surface area contributed by atoms with Gasteiger partial charge < -0.3 is 0 Å². The summed E-state index contributed by atoms with van der Waals surface area (Å²) in [6, 6.07) is 7.69. The summed E-state index contributed by atoms with van der Waals surface area (Å²) in [5.74, 6) is 0.0364. The lowest BCUT2D eigenvalue weighted by Crippen LogP contribution is -2.22. The number of para-hydroxylation sites is 1. The second-order valence-corrected chi connectivity index (χ2v) is 3.06. The highest BCUT2D eigenvalue weighted by atomic mass is 16.7. The predicted octanol–water partition coefficient (Wildman–Crippen LogP) is 1.66. The summed E-state index contributed by atoms with van der Waals surface area (Å²) in [5, 5.41) is 1.38. The first-order valence-electron chi connectivity index (χ1n) is 4.30. The predicted molar refractivity (Wildman–Crippen MR) is 49.2 cm³/mol. The highest BCUT2D eigenvalue weighted by molar-refractivity contribution is 5.93. The minimum atomic E-state index is 0.0364. The lowest BCUT2D eigenvalue weighted by Gasteiger charge is -2.15. The first-order valence-corrected chi connectivity index (χ1v) is 4.30. The highest BCUT2D eigenvalue weighted by Gasteiger charge is 2.23. The number of anilines is 1. The molecule has 1 heterocycles. The van der Waals surface area contributed by atoms with E-state index < -0.39 is 0 Å². The van der Waals surface area contributed by atoms with Gasteiger partial charge in [0.15, 0.2) is 0 Å². The molecular weight excluding hydrogens is 166 g/mol. The lowest BCUT2D eigenvalue weighted by molar-refractivity contribution is -0.119. The van der Waals surface area contributed by atoms with Crippen molar-refractivity contribution in [1.29, 1.82) is 0 Å². The standard InChI is InChI=1S/C10H11NO2/c1-8-4-2-3-5-9(8)11-10(12)6-7-13-11/h2-5H,6-7H2,1H3. The summed E-state index contributed by atoms with van der Waals surface area (Å²) in [6.07, 6.45) is 0.480. The van der Waals surface area contributed by atoms with Crippen LogP contribution >= 0.6 is 0 Å². The molecule has 1 aliphatic rings. The molecule has 0 aromatic heterocycles. The van der Waals surface area contributed by atoms with Crippen LogP contribution in [0.25, 0.3) is 0 Å². The molecular formula is C10H11NO2. The van der Waals surface area contributed by atoms with E-state index in [0.29, 0.717) is 13.0 Å². The van der Waals surface area contributed by atoms with Crippen LogP contribution in [0.5, 0.6) is 0 Å². The maximum atomic E-state index is 11.3. The molecule has 0 radical (unpaired) electrons.